The van der Waals surface area contributed by atoms with Crippen LogP contribution in [0.1, 0.15) is 200 Å². The van der Waals surface area contributed by atoms with Crippen molar-refractivity contribution in [2.45, 2.75) is 200 Å². The van der Waals surface area contributed by atoms with E-state index in [0.29, 0.717) is 51.9 Å². The van der Waals surface area contributed by atoms with Crippen molar-refractivity contribution in [3.63, 3.8) is 0 Å². The van der Waals surface area contributed by atoms with E-state index in [2.05, 4.69) is 67.8 Å². The van der Waals surface area contributed by atoms with E-state index < -0.39 is 0 Å². The van der Waals surface area contributed by atoms with Gasteiger partial charge in [-0.2, -0.15) is 0 Å². The van der Waals surface area contributed by atoms with Crippen LogP contribution in [0, 0.1) is 5.92 Å². The van der Waals surface area contributed by atoms with Crippen molar-refractivity contribution < 1.29 is 28.6 Å². The lowest BCUT2D eigenvalue weighted by Gasteiger charge is -2.16. The molecule has 0 aliphatic rings. The van der Waals surface area contributed by atoms with Gasteiger partial charge in [-0.1, -0.05) is 127 Å². The predicted octanol–water partition coefficient (Wildman–Crippen LogP) is 13.0. The van der Waals surface area contributed by atoms with E-state index in [4.69, 9.17) is 14.2 Å². The fraction of sp³-hybridized carbons (Fsp3) is 0.771. The Labute approximate surface area is 339 Å². The molecule has 0 rings (SSSR count). The number of nitrogens with one attached hydrogen (secondary N) is 1. The number of rotatable bonds is 41. The maximum Gasteiger partial charge on any atom is 0.306 e. The van der Waals surface area contributed by atoms with Crippen LogP contribution in [0.25, 0.3) is 0 Å². The van der Waals surface area contributed by atoms with E-state index in [9.17, 15) is 14.4 Å². The third kappa shape index (κ3) is 42.3. The van der Waals surface area contributed by atoms with E-state index in [1.807, 2.05) is 7.05 Å². The Morgan fingerprint density at radius 1 is 0.455 bits per heavy atom. The normalized spacial score (nSPS) is 12.4. The van der Waals surface area contributed by atoms with E-state index in [1.54, 1.807) is 0 Å². The van der Waals surface area contributed by atoms with Crippen LogP contribution in [0.3, 0.4) is 0 Å². The van der Waals surface area contributed by atoms with Crippen molar-refractivity contribution in [2.24, 2.45) is 5.92 Å². The molecule has 0 aliphatic heterocycles. The minimum atomic E-state index is -0.226. The van der Waals surface area contributed by atoms with E-state index in [0.717, 1.165) is 77.2 Å². The lowest BCUT2D eigenvalue weighted by Crippen LogP contribution is -2.18. The Balaban J connectivity index is 4.12. The van der Waals surface area contributed by atoms with Crippen molar-refractivity contribution in [2.75, 3.05) is 33.4 Å². The Bertz CT molecular complexity index is 987. The summed E-state index contributed by atoms with van der Waals surface area (Å²) in [7, 11) is 1.87. The molecular weight excluding hydrogens is 687 g/mol. The molecule has 0 bridgehead atoms. The van der Waals surface area contributed by atoms with Crippen molar-refractivity contribution in [1.82, 2.24) is 5.32 Å². The number of carbonyl (C=O) groups is 3. The minimum Gasteiger partial charge on any atom is -0.466 e. The van der Waals surface area contributed by atoms with Gasteiger partial charge in [-0.05, 0) is 122 Å². The average Bonchev–Trinajstić information content (AvgIpc) is 3.18. The molecule has 1 N–H and O–H groups in total. The molecule has 0 fully saturated rings. The van der Waals surface area contributed by atoms with E-state index in [-0.39, 0.29) is 30.2 Å². The molecule has 0 aromatic rings. The summed E-state index contributed by atoms with van der Waals surface area (Å²) in [5.74, 6) is -0.522. The number of allylic oxidation sites excluding steroid dienone is 8. The summed E-state index contributed by atoms with van der Waals surface area (Å²) < 4.78 is 16.5. The molecule has 0 spiro atoms. The first-order valence-corrected chi connectivity index (χ1v) is 22.7. The molecule has 0 heterocycles. The fourth-order valence-corrected chi connectivity index (χ4v) is 6.28. The first kappa shape index (κ1) is 52.3. The molecular formula is C48H85NO6. The van der Waals surface area contributed by atoms with Crippen molar-refractivity contribution in [1.29, 1.82) is 0 Å². The lowest BCUT2D eigenvalue weighted by atomic mass is 9.96. The number of esters is 3. The predicted molar refractivity (Wildman–Crippen MR) is 232 cm³/mol. The summed E-state index contributed by atoms with van der Waals surface area (Å²) in [5.41, 5.74) is 0. The van der Waals surface area contributed by atoms with Crippen molar-refractivity contribution in [3.8, 4) is 0 Å². The molecule has 0 amide bonds. The standard InChI is InChI=1S/C48H85NO6/c1-4-6-8-10-12-14-16-18-20-22-24-26-28-30-32-37-46(50)53-41-34-36-45(44-48(52)54-42-35-40-49-3)39-43-55-47(51)38-33-31-29-27-25-23-21-19-17-15-13-11-9-7-5-2/h12-15,18-21,45,49H,4-11,16-17,22-44H2,1-3H3/b14-12-,15-13-,20-18-,21-19-. The minimum absolute atomic E-state index is 0.0148. The zero-order chi connectivity index (χ0) is 40.1. The molecule has 0 aromatic carbocycles. The SMILES string of the molecule is CCCCC/C=C\C/C=C\CCCCCCCC(=O)OCCCC(CCOC(=O)CCCCCCC/C=C\C/C=C\CCCCC)CC(=O)OCCCNC. The molecule has 0 aliphatic carbocycles. The summed E-state index contributed by atoms with van der Waals surface area (Å²) >= 11 is 0. The maximum atomic E-state index is 12.5. The first-order valence-electron chi connectivity index (χ1n) is 22.7. The zero-order valence-electron chi connectivity index (χ0n) is 36.0. The van der Waals surface area contributed by atoms with Gasteiger partial charge in [0.2, 0.25) is 0 Å². The summed E-state index contributed by atoms with van der Waals surface area (Å²) in [5, 5.41) is 3.06. The molecule has 0 saturated carbocycles. The van der Waals surface area contributed by atoms with Gasteiger partial charge in [0.25, 0.3) is 0 Å². The van der Waals surface area contributed by atoms with Gasteiger partial charge in [0.05, 0.1) is 19.8 Å². The molecule has 318 valence electrons. The van der Waals surface area contributed by atoms with Crippen LogP contribution in [-0.2, 0) is 28.6 Å². The quantitative estimate of drug-likeness (QED) is 0.0286. The van der Waals surface area contributed by atoms with Crippen LogP contribution in [0.15, 0.2) is 48.6 Å². The summed E-state index contributed by atoms with van der Waals surface area (Å²) in [6.45, 7) is 6.30. The Kier molecular flexibility index (Phi) is 41.9. The highest BCUT2D eigenvalue weighted by Gasteiger charge is 2.17. The van der Waals surface area contributed by atoms with Gasteiger partial charge >= 0.3 is 17.9 Å². The second-order valence-corrected chi connectivity index (χ2v) is 15.1. The Morgan fingerprint density at radius 2 is 0.873 bits per heavy atom. The smallest absolute Gasteiger partial charge is 0.306 e. The third-order valence-corrected chi connectivity index (χ3v) is 9.76. The van der Waals surface area contributed by atoms with Gasteiger partial charge < -0.3 is 19.5 Å². The van der Waals surface area contributed by atoms with Gasteiger partial charge in [0, 0.05) is 19.3 Å². The Hall–Kier alpha value is -2.67. The van der Waals surface area contributed by atoms with Gasteiger partial charge in [0.1, 0.15) is 0 Å². The molecule has 1 atom stereocenters. The summed E-state index contributed by atoms with van der Waals surface area (Å²) in [6.07, 6.45) is 47.5. The first-order chi connectivity index (χ1) is 27.0. The van der Waals surface area contributed by atoms with Crippen molar-refractivity contribution >= 4 is 17.9 Å². The van der Waals surface area contributed by atoms with Crippen molar-refractivity contribution in [3.05, 3.63) is 48.6 Å². The molecule has 1 unspecified atom stereocenters. The highest BCUT2D eigenvalue weighted by molar-refractivity contribution is 5.70. The second kappa shape index (κ2) is 44.0. The topological polar surface area (TPSA) is 90.9 Å². The number of carbonyl (C=O) groups excluding carboxylic acids is 3. The van der Waals surface area contributed by atoms with E-state index in [1.165, 1.54) is 77.0 Å². The van der Waals surface area contributed by atoms with Gasteiger partial charge in [-0.15, -0.1) is 0 Å². The largest absolute Gasteiger partial charge is 0.466 e. The zero-order valence-corrected chi connectivity index (χ0v) is 36.0. The monoisotopic (exact) mass is 772 g/mol. The van der Waals surface area contributed by atoms with Gasteiger partial charge in [-0.3, -0.25) is 14.4 Å². The van der Waals surface area contributed by atoms with Crippen LogP contribution < -0.4 is 5.32 Å². The molecule has 0 aromatic heterocycles. The van der Waals surface area contributed by atoms with Crippen LogP contribution in [-0.4, -0.2) is 51.3 Å². The van der Waals surface area contributed by atoms with Crippen LogP contribution in [0.2, 0.25) is 0 Å². The number of hydrogen-bond acceptors (Lipinski definition) is 7. The number of ether oxygens (including phenoxy) is 3. The summed E-state index contributed by atoms with van der Waals surface area (Å²) in [4.78, 5) is 37.2. The van der Waals surface area contributed by atoms with Gasteiger partial charge in [0.15, 0.2) is 0 Å². The molecule has 7 heteroatoms. The second-order valence-electron chi connectivity index (χ2n) is 15.1. The molecule has 0 radical (unpaired) electrons. The van der Waals surface area contributed by atoms with Crippen LogP contribution in [0.5, 0.6) is 0 Å². The maximum absolute atomic E-state index is 12.5. The summed E-state index contributed by atoms with van der Waals surface area (Å²) in [6, 6.07) is 0. The molecule has 7 nitrogen and oxygen atoms in total. The highest BCUT2D eigenvalue weighted by atomic mass is 16.5. The van der Waals surface area contributed by atoms with Gasteiger partial charge in [-0.25, -0.2) is 0 Å². The molecule has 55 heavy (non-hydrogen) atoms. The Morgan fingerprint density at radius 3 is 1.36 bits per heavy atom. The van der Waals surface area contributed by atoms with E-state index >= 15 is 0 Å². The molecule has 0 saturated heterocycles. The number of unbranched alkanes of at least 4 members (excludes halogenated alkanes) is 16. The van der Waals surface area contributed by atoms with Crippen LogP contribution in [0.4, 0.5) is 0 Å². The van der Waals surface area contributed by atoms with Crippen LogP contribution >= 0.6 is 0 Å². The number of hydrogen-bond donors (Lipinski definition) is 1. The lowest BCUT2D eigenvalue weighted by molar-refractivity contribution is -0.147. The fourth-order valence-electron chi connectivity index (χ4n) is 6.28. The average molecular weight is 772 g/mol. The third-order valence-electron chi connectivity index (χ3n) is 9.76. The highest BCUT2D eigenvalue weighted by Crippen LogP contribution is 2.18.